The third-order valence-electron chi connectivity index (χ3n) is 11.1. The Labute approximate surface area is 325 Å². The van der Waals surface area contributed by atoms with E-state index in [4.69, 9.17) is 9.84 Å². The molecule has 4 heteroatoms. The van der Waals surface area contributed by atoms with Gasteiger partial charge in [-0.25, -0.2) is 0 Å². The van der Waals surface area contributed by atoms with Crippen LogP contribution in [0.5, 0.6) is 0 Å². The largest absolute Gasteiger partial charge is 0.481 e. The second kappa shape index (κ2) is 44.1. The quantitative estimate of drug-likeness (QED) is 0.0385. The van der Waals surface area contributed by atoms with E-state index < -0.39 is 5.97 Å². The summed E-state index contributed by atoms with van der Waals surface area (Å²) in [6.45, 7) is 4.44. The Kier molecular flexibility index (Phi) is 43.0. The number of carboxylic acid groups (broad SMARTS) is 1. The summed E-state index contributed by atoms with van der Waals surface area (Å²) in [7, 11) is 0. The molecule has 308 valence electrons. The van der Waals surface area contributed by atoms with Crippen molar-refractivity contribution >= 4 is 11.9 Å². The van der Waals surface area contributed by atoms with Gasteiger partial charge in [-0.3, -0.25) is 9.59 Å². The van der Waals surface area contributed by atoms with Gasteiger partial charge >= 0.3 is 11.9 Å². The maximum absolute atomic E-state index is 12.4. The molecule has 0 aromatic heterocycles. The van der Waals surface area contributed by atoms with Crippen molar-refractivity contribution in [3.8, 4) is 0 Å². The Hall–Kier alpha value is -1.32. The van der Waals surface area contributed by atoms with Gasteiger partial charge in [0.2, 0.25) is 0 Å². The second-order valence-corrected chi connectivity index (χ2v) is 16.3. The smallest absolute Gasteiger partial charge is 0.306 e. The number of esters is 1. The number of hydrogen-bond donors (Lipinski definition) is 1. The molecule has 0 bridgehead atoms. The predicted octanol–water partition coefficient (Wildman–Crippen LogP) is 16.6. The molecule has 1 atom stereocenters. The van der Waals surface area contributed by atoms with Crippen LogP contribution in [0.15, 0.2) is 12.2 Å². The van der Waals surface area contributed by atoms with Crippen molar-refractivity contribution in [2.45, 2.75) is 283 Å². The maximum Gasteiger partial charge on any atom is 0.306 e. The maximum atomic E-state index is 12.4. The van der Waals surface area contributed by atoms with Crippen LogP contribution in [0.3, 0.4) is 0 Å². The zero-order valence-electron chi connectivity index (χ0n) is 35.4. The van der Waals surface area contributed by atoms with Gasteiger partial charge in [0, 0.05) is 12.8 Å². The molecular formula is C48H92O4. The summed E-state index contributed by atoms with van der Waals surface area (Å²) in [5.74, 6) is -0.630. The molecule has 0 saturated heterocycles. The van der Waals surface area contributed by atoms with Crippen LogP contribution in [0.1, 0.15) is 277 Å². The van der Waals surface area contributed by atoms with Gasteiger partial charge in [-0.05, 0) is 57.8 Å². The van der Waals surface area contributed by atoms with E-state index in [-0.39, 0.29) is 12.1 Å². The van der Waals surface area contributed by atoms with Crippen molar-refractivity contribution in [3.05, 3.63) is 12.2 Å². The molecule has 1 unspecified atom stereocenters. The van der Waals surface area contributed by atoms with Crippen LogP contribution in [0.4, 0.5) is 0 Å². The van der Waals surface area contributed by atoms with Gasteiger partial charge in [-0.15, -0.1) is 0 Å². The van der Waals surface area contributed by atoms with Gasteiger partial charge in [0.15, 0.2) is 0 Å². The molecule has 4 nitrogen and oxygen atoms in total. The summed E-state index contributed by atoms with van der Waals surface area (Å²) < 4.78 is 5.83. The Morgan fingerprint density at radius 1 is 0.423 bits per heavy atom. The Morgan fingerprint density at radius 2 is 0.731 bits per heavy atom. The first kappa shape index (κ1) is 50.7. The number of unbranched alkanes of at least 4 members (excludes halogenated alkanes) is 34. The van der Waals surface area contributed by atoms with E-state index in [9.17, 15) is 9.59 Å². The summed E-state index contributed by atoms with van der Waals surface area (Å²) in [6, 6.07) is 0. The molecular weight excluding hydrogens is 641 g/mol. The van der Waals surface area contributed by atoms with Crippen molar-refractivity contribution in [1.29, 1.82) is 0 Å². The molecule has 0 saturated carbocycles. The minimum atomic E-state index is -0.659. The summed E-state index contributed by atoms with van der Waals surface area (Å²) in [4.78, 5) is 22.9. The van der Waals surface area contributed by atoms with Crippen molar-refractivity contribution in [2.75, 3.05) is 0 Å². The molecule has 0 aliphatic carbocycles. The molecule has 1 N–H and O–H groups in total. The van der Waals surface area contributed by atoms with Crippen LogP contribution >= 0.6 is 0 Å². The third-order valence-corrected chi connectivity index (χ3v) is 11.1. The van der Waals surface area contributed by atoms with Crippen molar-refractivity contribution in [1.82, 2.24) is 0 Å². The van der Waals surface area contributed by atoms with Crippen molar-refractivity contribution in [2.24, 2.45) is 0 Å². The van der Waals surface area contributed by atoms with Gasteiger partial charge < -0.3 is 9.84 Å². The van der Waals surface area contributed by atoms with Crippen LogP contribution < -0.4 is 0 Å². The highest BCUT2D eigenvalue weighted by atomic mass is 16.5. The Balaban J connectivity index is 3.37. The van der Waals surface area contributed by atoms with Crippen LogP contribution in [-0.2, 0) is 14.3 Å². The van der Waals surface area contributed by atoms with Crippen LogP contribution in [-0.4, -0.2) is 23.1 Å². The molecule has 0 radical (unpaired) electrons. The minimum absolute atomic E-state index is 0.0295. The first-order chi connectivity index (χ1) is 25.6. The lowest BCUT2D eigenvalue weighted by molar-refractivity contribution is -0.149. The number of carbonyl (C=O) groups excluding carboxylic acids is 1. The molecule has 0 heterocycles. The molecule has 0 rings (SSSR count). The molecule has 52 heavy (non-hydrogen) atoms. The lowest BCUT2D eigenvalue weighted by Gasteiger charge is -2.16. The van der Waals surface area contributed by atoms with E-state index in [1.165, 1.54) is 218 Å². The number of hydrogen-bond acceptors (Lipinski definition) is 3. The SMILES string of the molecule is CCCCCCCC/C=C\CCCCCCCCCCCCCC(=O)OC(CC)CCCCCCCCCCCCCCCCCCCCC(=O)O. The van der Waals surface area contributed by atoms with Gasteiger partial charge in [0.05, 0.1) is 0 Å². The number of carboxylic acids is 1. The van der Waals surface area contributed by atoms with E-state index >= 15 is 0 Å². The minimum Gasteiger partial charge on any atom is -0.481 e. The topological polar surface area (TPSA) is 63.6 Å². The van der Waals surface area contributed by atoms with E-state index in [2.05, 4.69) is 26.0 Å². The van der Waals surface area contributed by atoms with Crippen molar-refractivity contribution < 1.29 is 19.4 Å². The van der Waals surface area contributed by atoms with E-state index in [0.29, 0.717) is 12.8 Å². The van der Waals surface area contributed by atoms with Gasteiger partial charge in [0.1, 0.15) is 6.10 Å². The fourth-order valence-corrected chi connectivity index (χ4v) is 7.47. The molecule has 0 aromatic rings. The summed E-state index contributed by atoms with van der Waals surface area (Å²) in [5, 5.41) is 8.67. The molecule has 0 fully saturated rings. The fraction of sp³-hybridized carbons (Fsp3) is 0.917. The van der Waals surface area contributed by atoms with Gasteiger partial charge in [0.25, 0.3) is 0 Å². The van der Waals surface area contributed by atoms with E-state index in [0.717, 1.165) is 32.1 Å². The molecule has 0 aliphatic heterocycles. The van der Waals surface area contributed by atoms with Crippen LogP contribution in [0.25, 0.3) is 0 Å². The van der Waals surface area contributed by atoms with Crippen LogP contribution in [0, 0.1) is 0 Å². The van der Waals surface area contributed by atoms with Crippen molar-refractivity contribution in [3.63, 3.8) is 0 Å². The number of allylic oxidation sites excluding steroid dienone is 2. The number of rotatable bonds is 44. The zero-order valence-corrected chi connectivity index (χ0v) is 35.4. The molecule has 0 aromatic carbocycles. The van der Waals surface area contributed by atoms with Crippen LogP contribution in [0.2, 0.25) is 0 Å². The molecule has 0 spiro atoms. The summed E-state index contributed by atoms with van der Waals surface area (Å²) in [5.41, 5.74) is 0. The average Bonchev–Trinajstić information content (AvgIpc) is 3.14. The first-order valence-electron chi connectivity index (χ1n) is 23.7. The van der Waals surface area contributed by atoms with Gasteiger partial charge in [-0.1, -0.05) is 219 Å². The van der Waals surface area contributed by atoms with Gasteiger partial charge in [-0.2, -0.15) is 0 Å². The monoisotopic (exact) mass is 733 g/mol. The van der Waals surface area contributed by atoms with E-state index in [1.54, 1.807) is 0 Å². The normalized spacial score (nSPS) is 12.2. The average molecular weight is 733 g/mol. The highest BCUT2D eigenvalue weighted by Crippen LogP contribution is 2.18. The lowest BCUT2D eigenvalue weighted by atomic mass is 10.0. The third kappa shape index (κ3) is 43.1. The molecule has 0 amide bonds. The highest BCUT2D eigenvalue weighted by molar-refractivity contribution is 5.69. The molecule has 0 aliphatic rings. The predicted molar refractivity (Wildman–Crippen MR) is 227 cm³/mol. The summed E-state index contributed by atoms with van der Waals surface area (Å²) in [6.07, 6.45) is 56.5. The fourth-order valence-electron chi connectivity index (χ4n) is 7.47. The number of aliphatic carboxylic acids is 1. The first-order valence-corrected chi connectivity index (χ1v) is 23.7. The number of ether oxygens (including phenoxy) is 1. The Morgan fingerprint density at radius 3 is 1.08 bits per heavy atom. The standard InChI is InChI=1S/C48H92O4/c1-3-5-6-7-8-9-10-11-12-13-14-15-16-21-24-27-30-33-36-39-42-45-48(51)52-46(4-2)43-40-37-34-31-28-25-22-19-17-18-20-23-26-29-32-35-38-41-44-47(49)50/h11-12,46H,3-10,13-45H2,1-2H3,(H,49,50)/b12-11-. The van der Waals surface area contributed by atoms with E-state index in [1.807, 2.05) is 0 Å². The summed E-state index contributed by atoms with van der Waals surface area (Å²) >= 11 is 0. The Bertz CT molecular complexity index is 747. The number of carbonyl (C=O) groups is 2. The zero-order chi connectivity index (χ0) is 37.8. The second-order valence-electron chi connectivity index (χ2n) is 16.3. The highest BCUT2D eigenvalue weighted by Gasteiger charge is 2.12. The lowest BCUT2D eigenvalue weighted by Crippen LogP contribution is -2.17.